The summed E-state index contributed by atoms with van der Waals surface area (Å²) in [6, 6.07) is 8.23. The SMILES string of the molecule is CSCCOc1ccccc1OCC(O)CN1CCCCC1C. The second-order valence-corrected chi connectivity index (χ2v) is 7.08. The molecule has 1 aromatic carbocycles. The predicted octanol–water partition coefficient (Wildman–Crippen LogP) is 3.04. The van der Waals surface area contributed by atoms with Crippen molar-refractivity contribution in [2.75, 3.05) is 38.3 Å². The molecule has 1 saturated heterocycles. The molecule has 0 aliphatic carbocycles. The number of hydrogen-bond donors (Lipinski definition) is 1. The minimum Gasteiger partial charge on any atom is -0.489 e. The molecule has 1 N–H and O–H groups in total. The summed E-state index contributed by atoms with van der Waals surface area (Å²) >= 11 is 1.75. The van der Waals surface area contributed by atoms with Gasteiger partial charge in [0.15, 0.2) is 11.5 Å². The van der Waals surface area contributed by atoms with Crippen LogP contribution in [0.4, 0.5) is 0 Å². The van der Waals surface area contributed by atoms with Gasteiger partial charge >= 0.3 is 0 Å². The van der Waals surface area contributed by atoms with E-state index in [2.05, 4.69) is 18.1 Å². The Kier molecular flexibility index (Phi) is 8.06. The van der Waals surface area contributed by atoms with E-state index in [0.29, 0.717) is 31.5 Å². The third kappa shape index (κ3) is 6.24. The summed E-state index contributed by atoms with van der Waals surface area (Å²) in [7, 11) is 0. The number of hydrogen-bond acceptors (Lipinski definition) is 5. The molecule has 23 heavy (non-hydrogen) atoms. The summed E-state index contributed by atoms with van der Waals surface area (Å²) in [5.74, 6) is 2.41. The first-order valence-electron chi connectivity index (χ1n) is 8.46. The molecule has 1 heterocycles. The van der Waals surface area contributed by atoms with E-state index in [1.165, 1.54) is 19.3 Å². The number of para-hydroxylation sites is 2. The molecule has 1 aliphatic rings. The van der Waals surface area contributed by atoms with Gasteiger partial charge in [-0.2, -0.15) is 11.8 Å². The molecule has 1 aliphatic heterocycles. The molecule has 5 heteroatoms. The molecule has 2 atom stereocenters. The second-order valence-electron chi connectivity index (χ2n) is 6.09. The van der Waals surface area contributed by atoms with E-state index in [1.54, 1.807) is 11.8 Å². The first kappa shape index (κ1) is 18.4. The fourth-order valence-corrected chi connectivity index (χ4v) is 3.11. The van der Waals surface area contributed by atoms with Gasteiger partial charge in [-0.1, -0.05) is 18.6 Å². The number of benzene rings is 1. The first-order valence-corrected chi connectivity index (χ1v) is 9.85. The molecule has 0 bridgehead atoms. The van der Waals surface area contributed by atoms with Crippen molar-refractivity contribution in [3.8, 4) is 11.5 Å². The first-order chi connectivity index (χ1) is 11.2. The van der Waals surface area contributed by atoms with Gasteiger partial charge in [0, 0.05) is 18.3 Å². The zero-order valence-corrected chi connectivity index (χ0v) is 15.1. The van der Waals surface area contributed by atoms with Crippen molar-refractivity contribution in [1.82, 2.24) is 4.90 Å². The lowest BCUT2D eigenvalue weighted by molar-refractivity contribution is 0.0430. The number of aliphatic hydroxyl groups excluding tert-OH is 1. The van der Waals surface area contributed by atoms with Gasteiger partial charge in [-0.25, -0.2) is 0 Å². The molecule has 4 nitrogen and oxygen atoms in total. The van der Waals surface area contributed by atoms with Crippen molar-refractivity contribution in [3.05, 3.63) is 24.3 Å². The van der Waals surface area contributed by atoms with Crippen LogP contribution in [0.5, 0.6) is 11.5 Å². The molecule has 0 amide bonds. The minimum absolute atomic E-state index is 0.298. The Morgan fingerprint density at radius 2 is 2.00 bits per heavy atom. The second kappa shape index (κ2) is 10.1. The summed E-state index contributed by atoms with van der Waals surface area (Å²) < 4.78 is 11.5. The van der Waals surface area contributed by atoms with E-state index >= 15 is 0 Å². The summed E-state index contributed by atoms with van der Waals surface area (Å²) in [6.45, 7) is 4.95. The number of aliphatic hydroxyl groups is 1. The Hall–Kier alpha value is -0.910. The van der Waals surface area contributed by atoms with Gasteiger partial charge in [-0.15, -0.1) is 0 Å². The zero-order valence-electron chi connectivity index (χ0n) is 14.2. The quantitative estimate of drug-likeness (QED) is 0.701. The highest BCUT2D eigenvalue weighted by molar-refractivity contribution is 7.98. The molecule has 0 radical (unpaired) electrons. The van der Waals surface area contributed by atoms with Crippen LogP contribution >= 0.6 is 11.8 Å². The molecular formula is C18H29NO3S. The van der Waals surface area contributed by atoms with E-state index < -0.39 is 6.10 Å². The Balaban J connectivity index is 1.80. The van der Waals surface area contributed by atoms with Crippen LogP contribution in [0.25, 0.3) is 0 Å². The van der Waals surface area contributed by atoms with Gasteiger partial charge in [-0.3, -0.25) is 4.90 Å². The number of β-amino-alcohol motifs (C(OH)–C–C–N with tert-alkyl or cyclic N) is 1. The van der Waals surface area contributed by atoms with Crippen molar-refractivity contribution >= 4 is 11.8 Å². The van der Waals surface area contributed by atoms with Gasteiger partial charge in [0.25, 0.3) is 0 Å². The molecule has 0 spiro atoms. The largest absolute Gasteiger partial charge is 0.489 e. The van der Waals surface area contributed by atoms with Crippen molar-refractivity contribution in [3.63, 3.8) is 0 Å². The summed E-state index contributed by atoms with van der Waals surface area (Å²) in [6.07, 6.45) is 5.33. The van der Waals surface area contributed by atoms with Crippen molar-refractivity contribution in [1.29, 1.82) is 0 Å². The van der Waals surface area contributed by atoms with Crippen LogP contribution in [0, 0.1) is 0 Å². The number of likely N-dealkylation sites (tertiary alicyclic amines) is 1. The maximum Gasteiger partial charge on any atom is 0.161 e. The Bertz CT molecular complexity index is 458. The van der Waals surface area contributed by atoms with Crippen LogP contribution in [0.1, 0.15) is 26.2 Å². The maximum atomic E-state index is 10.3. The fourth-order valence-electron chi connectivity index (χ4n) is 2.86. The average molecular weight is 340 g/mol. The zero-order chi connectivity index (χ0) is 16.5. The topological polar surface area (TPSA) is 41.9 Å². The molecule has 130 valence electrons. The highest BCUT2D eigenvalue weighted by Gasteiger charge is 2.21. The Morgan fingerprint density at radius 3 is 2.70 bits per heavy atom. The summed E-state index contributed by atoms with van der Waals surface area (Å²) in [5.41, 5.74) is 0. The van der Waals surface area contributed by atoms with Gasteiger partial charge in [-0.05, 0) is 44.7 Å². The number of thioether (sulfide) groups is 1. The summed E-state index contributed by atoms with van der Waals surface area (Å²) in [4.78, 5) is 2.36. The smallest absolute Gasteiger partial charge is 0.161 e. The van der Waals surface area contributed by atoms with E-state index in [-0.39, 0.29) is 0 Å². The van der Waals surface area contributed by atoms with Crippen LogP contribution in [0.15, 0.2) is 24.3 Å². The minimum atomic E-state index is -0.477. The van der Waals surface area contributed by atoms with Crippen LogP contribution < -0.4 is 9.47 Å². The normalized spacial score (nSPS) is 20.2. The van der Waals surface area contributed by atoms with E-state index in [1.807, 2.05) is 24.3 Å². The Morgan fingerprint density at radius 1 is 1.26 bits per heavy atom. The number of rotatable bonds is 9. The van der Waals surface area contributed by atoms with Gasteiger partial charge in [0.1, 0.15) is 12.7 Å². The highest BCUT2D eigenvalue weighted by Crippen LogP contribution is 2.26. The lowest BCUT2D eigenvalue weighted by Crippen LogP contribution is -2.43. The van der Waals surface area contributed by atoms with Crippen molar-refractivity contribution in [2.24, 2.45) is 0 Å². The molecule has 2 unspecified atom stereocenters. The third-order valence-corrected chi connectivity index (χ3v) is 4.79. The molecule has 0 saturated carbocycles. The van der Waals surface area contributed by atoms with E-state index in [0.717, 1.165) is 18.0 Å². The van der Waals surface area contributed by atoms with Crippen molar-refractivity contribution < 1.29 is 14.6 Å². The molecule has 1 fully saturated rings. The fraction of sp³-hybridized carbons (Fsp3) is 0.667. The molecule has 0 aromatic heterocycles. The monoisotopic (exact) mass is 339 g/mol. The molecule has 2 rings (SSSR count). The van der Waals surface area contributed by atoms with Gasteiger partial charge < -0.3 is 14.6 Å². The van der Waals surface area contributed by atoms with Crippen LogP contribution in [-0.2, 0) is 0 Å². The average Bonchev–Trinajstić information content (AvgIpc) is 2.56. The number of ether oxygens (including phenoxy) is 2. The van der Waals surface area contributed by atoms with E-state index in [9.17, 15) is 5.11 Å². The number of nitrogens with zero attached hydrogens (tertiary/aromatic N) is 1. The highest BCUT2D eigenvalue weighted by atomic mass is 32.2. The van der Waals surface area contributed by atoms with Crippen molar-refractivity contribution in [2.45, 2.75) is 38.3 Å². The summed E-state index contributed by atoms with van der Waals surface area (Å²) in [5, 5.41) is 10.3. The van der Waals surface area contributed by atoms with E-state index in [4.69, 9.17) is 9.47 Å². The molecule has 1 aromatic rings. The van der Waals surface area contributed by atoms with Crippen LogP contribution in [-0.4, -0.2) is 60.5 Å². The number of piperidine rings is 1. The van der Waals surface area contributed by atoms with Crippen LogP contribution in [0.2, 0.25) is 0 Å². The third-order valence-electron chi connectivity index (χ3n) is 4.21. The Labute approximate surface area is 144 Å². The predicted molar refractivity (Wildman–Crippen MR) is 96.7 cm³/mol. The lowest BCUT2D eigenvalue weighted by atomic mass is 10.0. The van der Waals surface area contributed by atoms with Crippen LogP contribution in [0.3, 0.4) is 0 Å². The van der Waals surface area contributed by atoms with Gasteiger partial charge in [0.2, 0.25) is 0 Å². The lowest BCUT2D eigenvalue weighted by Gasteiger charge is -2.34. The van der Waals surface area contributed by atoms with Gasteiger partial charge in [0.05, 0.1) is 6.61 Å². The molecular weight excluding hydrogens is 310 g/mol. The maximum absolute atomic E-state index is 10.3. The standard InChI is InChI=1S/C18H29NO3S/c1-15-7-5-6-10-19(15)13-16(20)14-22-18-9-4-3-8-17(18)21-11-12-23-2/h3-4,8-9,15-16,20H,5-7,10-14H2,1-2H3.